The molecule has 38 heavy (non-hydrogen) atoms. The zero-order valence-electron chi connectivity index (χ0n) is 19.9. The Labute approximate surface area is 215 Å². The van der Waals surface area contributed by atoms with Crippen LogP contribution in [0.1, 0.15) is 33.1 Å². The predicted molar refractivity (Wildman–Crippen MR) is 136 cm³/mol. The van der Waals surface area contributed by atoms with Crippen molar-refractivity contribution >= 4 is 11.8 Å². The van der Waals surface area contributed by atoms with E-state index in [4.69, 9.17) is 14.7 Å². The smallest absolute Gasteiger partial charge is 0.416 e. The summed E-state index contributed by atoms with van der Waals surface area (Å²) < 4.78 is 50.4. The maximum atomic E-state index is 13.5. The minimum absolute atomic E-state index is 0.0241. The van der Waals surface area contributed by atoms with E-state index in [1.54, 1.807) is 0 Å². The van der Waals surface area contributed by atoms with Gasteiger partial charge in [-0.05, 0) is 41.8 Å². The number of nitrogens with two attached hydrogens (primary N) is 1. The van der Waals surface area contributed by atoms with E-state index < -0.39 is 17.6 Å². The van der Waals surface area contributed by atoms with Gasteiger partial charge >= 0.3 is 6.18 Å². The highest BCUT2D eigenvalue weighted by Crippen LogP contribution is 2.35. The van der Waals surface area contributed by atoms with Gasteiger partial charge in [-0.2, -0.15) is 13.2 Å². The third kappa shape index (κ3) is 5.31. The quantitative estimate of drug-likeness (QED) is 0.245. The van der Waals surface area contributed by atoms with Crippen LogP contribution in [-0.4, -0.2) is 11.1 Å². The molecule has 0 saturated carbocycles. The number of carbonyl (C=O) groups excluding carboxylic acids is 1. The van der Waals surface area contributed by atoms with Crippen LogP contribution < -0.4 is 11.1 Å². The Hall–Kier alpha value is -4.79. The molecule has 1 atom stereocenters. The summed E-state index contributed by atoms with van der Waals surface area (Å²) in [4.78, 5) is 13.5. The van der Waals surface area contributed by atoms with Crippen molar-refractivity contribution in [3.63, 3.8) is 0 Å². The molecular weight excluding hydrogens is 495 g/mol. The molecule has 192 valence electrons. The van der Waals surface area contributed by atoms with E-state index in [0.717, 1.165) is 23.3 Å². The first-order chi connectivity index (χ1) is 18.3. The summed E-state index contributed by atoms with van der Waals surface area (Å²) in [6.07, 6.45) is -3.97. The normalized spacial score (nSPS) is 12.3. The fraction of sp³-hybridized carbons (Fsp3) is 0.103. The number of nitrogen functional groups attached to an aromatic ring is 1. The minimum atomic E-state index is -4.49. The zero-order chi connectivity index (χ0) is 26.7. The molecule has 5 aromatic rings. The molecule has 5 rings (SSSR count). The van der Waals surface area contributed by atoms with Crippen LogP contribution in [0.25, 0.3) is 22.8 Å². The first kappa shape index (κ1) is 24.9. The molecule has 0 spiro atoms. The second-order valence-corrected chi connectivity index (χ2v) is 8.64. The lowest BCUT2D eigenvalue weighted by atomic mass is 9.98. The van der Waals surface area contributed by atoms with E-state index in [2.05, 4.69) is 10.5 Å². The highest BCUT2D eigenvalue weighted by atomic mass is 19.4. The summed E-state index contributed by atoms with van der Waals surface area (Å²) in [5.74, 6) is -0.436. The highest BCUT2D eigenvalue weighted by molar-refractivity contribution is 6.03. The number of rotatable bonds is 7. The number of nitrogens with one attached hydrogen (secondary N) is 1. The molecule has 0 aliphatic carbocycles. The Morgan fingerprint density at radius 1 is 0.895 bits per heavy atom. The molecular formula is C29H22F3N3O3. The lowest BCUT2D eigenvalue weighted by Crippen LogP contribution is -2.30. The van der Waals surface area contributed by atoms with Crippen molar-refractivity contribution in [3.05, 3.63) is 119 Å². The fourth-order valence-corrected chi connectivity index (χ4v) is 4.18. The number of halogens is 3. The van der Waals surface area contributed by atoms with Crippen molar-refractivity contribution in [3.8, 4) is 22.8 Å². The molecule has 1 amide bonds. The standard InChI is InChI=1S/C29H22F3N3O3/c30-29(31,32)21-13-7-12-20(17-21)23-14-15-24(37-23)26-25(27(33)38-35-26)28(36)34-22(19-10-5-2-6-11-19)16-18-8-3-1-4-9-18/h1-15,17,22H,16,33H2,(H,34,36). The van der Waals surface area contributed by atoms with Crippen LogP contribution in [0.5, 0.6) is 0 Å². The van der Waals surface area contributed by atoms with Crippen LogP contribution in [-0.2, 0) is 12.6 Å². The second-order valence-electron chi connectivity index (χ2n) is 8.64. The Morgan fingerprint density at radius 2 is 1.58 bits per heavy atom. The average Bonchev–Trinajstić information content (AvgIpc) is 3.56. The molecule has 0 aliphatic rings. The number of amides is 1. The fourth-order valence-electron chi connectivity index (χ4n) is 4.18. The van der Waals surface area contributed by atoms with Crippen molar-refractivity contribution in [2.45, 2.75) is 18.6 Å². The molecule has 2 heterocycles. The van der Waals surface area contributed by atoms with Gasteiger partial charge in [0.05, 0.1) is 11.6 Å². The summed E-state index contributed by atoms with van der Waals surface area (Å²) in [6, 6.07) is 26.6. The number of hydrogen-bond donors (Lipinski definition) is 2. The average molecular weight is 518 g/mol. The first-order valence-electron chi connectivity index (χ1n) is 11.7. The SMILES string of the molecule is Nc1onc(-c2ccc(-c3cccc(C(F)(F)F)c3)o2)c1C(=O)NC(Cc1ccccc1)c1ccccc1. The molecule has 3 N–H and O–H groups in total. The molecule has 6 nitrogen and oxygen atoms in total. The van der Waals surface area contributed by atoms with Gasteiger partial charge in [-0.3, -0.25) is 4.79 Å². The lowest BCUT2D eigenvalue weighted by Gasteiger charge is -2.19. The van der Waals surface area contributed by atoms with Crippen molar-refractivity contribution < 1.29 is 26.9 Å². The van der Waals surface area contributed by atoms with Crippen LogP contribution >= 0.6 is 0 Å². The van der Waals surface area contributed by atoms with Gasteiger partial charge in [0.1, 0.15) is 11.3 Å². The molecule has 3 aromatic carbocycles. The van der Waals surface area contributed by atoms with Crippen LogP contribution in [0.4, 0.5) is 19.1 Å². The maximum Gasteiger partial charge on any atom is 0.416 e. The van der Waals surface area contributed by atoms with Crippen LogP contribution in [0, 0.1) is 0 Å². The lowest BCUT2D eigenvalue weighted by molar-refractivity contribution is -0.137. The van der Waals surface area contributed by atoms with Gasteiger partial charge in [0.2, 0.25) is 5.88 Å². The third-order valence-corrected chi connectivity index (χ3v) is 6.05. The first-order valence-corrected chi connectivity index (χ1v) is 11.7. The number of anilines is 1. The van der Waals surface area contributed by atoms with Gasteiger partial charge in [-0.15, -0.1) is 0 Å². The number of aromatic nitrogens is 1. The van der Waals surface area contributed by atoms with Crippen molar-refractivity contribution in [1.29, 1.82) is 0 Å². The van der Waals surface area contributed by atoms with Crippen LogP contribution in [0.2, 0.25) is 0 Å². The number of furan rings is 1. The number of benzene rings is 3. The van der Waals surface area contributed by atoms with Crippen LogP contribution in [0.15, 0.2) is 106 Å². The summed E-state index contributed by atoms with van der Waals surface area (Å²) in [6.45, 7) is 0. The monoisotopic (exact) mass is 517 g/mol. The summed E-state index contributed by atoms with van der Waals surface area (Å²) in [5, 5.41) is 6.91. The molecule has 9 heteroatoms. The molecule has 0 aliphatic heterocycles. The van der Waals surface area contributed by atoms with Gasteiger partial charge in [0, 0.05) is 5.56 Å². The van der Waals surface area contributed by atoms with Gasteiger partial charge in [0.25, 0.3) is 5.91 Å². The number of carbonyl (C=O) groups is 1. The third-order valence-electron chi connectivity index (χ3n) is 6.05. The van der Waals surface area contributed by atoms with E-state index in [1.165, 1.54) is 24.3 Å². The van der Waals surface area contributed by atoms with Gasteiger partial charge in [-0.25, -0.2) is 0 Å². The Morgan fingerprint density at radius 3 is 2.29 bits per heavy atom. The van der Waals surface area contributed by atoms with Gasteiger partial charge < -0.3 is 20.0 Å². The van der Waals surface area contributed by atoms with Crippen molar-refractivity contribution in [2.75, 3.05) is 5.73 Å². The van der Waals surface area contributed by atoms with Crippen LogP contribution in [0.3, 0.4) is 0 Å². The summed E-state index contributed by atoms with van der Waals surface area (Å²) >= 11 is 0. The van der Waals surface area contributed by atoms with Gasteiger partial charge in [0.15, 0.2) is 11.5 Å². The Balaban J connectivity index is 1.44. The Kier molecular flexibility index (Phi) is 6.74. The topological polar surface area (TPSA) is 94.3 Å². The highest BCUT2D eigenvalue weighted by Gasteiger charge is 2.31. The second kappa shape index (κ2) is 10.3. The largest absolute Gasteiger partial charge is 0.454 e. The van der Waals surface area contributed by atoms with E-state index in [0.29, 0.717) is 6.42 Å². The minimum Gasteiger partial charge on any atom is -0.454 e. The van der Waals surface area contributed by atoms with E-state index in [-0.39, 0.29) is 40.3 Å². The molecule has 0 radical (unpaired) electrons. The number of hydrogen-bond acceptors (Lipinski definition) is 5. The van der Waals surface area contributed by atoms with E-state index in [9.17, 15) is 18.0 Å². The molecule has 0 saturated heterocycles. The number of alkyl halides is 3. The zero-order valence-corrected chi connectivity index (χ0v) is 19.9. The summed E-state index contributed by atoms with van der Waals surface area (Å²) in [7, 11) is 0. The maximum absolute atomic E-state index is 13.5. The molecule has 2 aromatic heterocycles. The van der Waals surface area contributed by atoms with Gasteiger partial charge in [-0.1, -0.05) is 78.0 Å². The summed E-state index contributed by atoms with van der Waals surface area (Å²) in [5.41, 5.74) is 7.34. The van der Waals surface area contributed by atoms with Crippen molar-refractivity contribution in [2.24, 2.45) is 0 Å². The van der Waals surface area contributed by atoms with E-state index >= 15 is 0 Å². The van der Waals surface area contributed by atoms with E-state index in [1.807, 2.05) is 60.7 Å². The molecule has 0 fully saturated rings. The number of nitrogens with zero attached hydrogens (tertiary/aromatic N) is 1. The molecule has 1 unspecified atom stereocenters. The molecule has 0 bridgehead atoms. The predicted octanol–water partition coefficient (Wildman–Crippen LogP) is 6.92. The van der Waals surface area contributed by atoms with Crippen molar-refractivity contribution in [1.82, 2.24) is 10.5 Å². The Bertz CT molecular complexity index is 1540.